The lowest BCUT2D eigenvalue weighted by Crippen LogP contribution is -2.48. The van der Waals surface area contributed by atoms with Crippen LogP contribution in [0.15, 0.2) is 91.0 Å². The van der Waals surface area contributed by atoms with Gasteiger partial charge >= 0.3 is 0 Å². The Balaban J connectivity index is 1.64. The molecule has 2 aliphatic rings. The molecule has 0 saturated carbocycles. The summed E-state index contributed by atoms with van der Waals surface area (Å²) in [7, 11) is 0. The van der Waals surface area contributed by atoms with Crippen molar-refractivity contribution < 1.29 is 9.53 Å². The minimum absolute atomic E-state index is 0.00306. The molecule has 0 radical (unpaired) electrons. The van der Waals surface area contributed by atoms with Crippen LogP contribution in [0.3, 0.4) is 0 Å². The molecule has 1 amide bonds. The quantitative estimate of drug-likeness (QED) is 0.188. The normalized spacial score (nSPS) is 14.3. The minimum atomic E-state index is -0.931. The van der Waals surface area contributed by atoms with Crippen molar-refractivity contribution in [3.63, 3.8) is 0 Å². The van der Waals surface area contributed by atoms with Crippen LogP contribution in [0.25, 0.3) is 10.8 Å². The number of amides is 1. The van der Waals surface area contributed by atoms with Crippen molar-refractivity contribution in [3.8, 4) is 11.5 Å². The number of aryl methyl sites for hydroxylation is 2. The summed E-state index contributed by atoms with van der Waals surface area (Å²) in [6, 6.07) is 31.7. The molecular weight excluding hydrogens is 554 g/mol. The van der Waals surface area contributed by atoms with Gasteiger partial charge in [0.1, 0.15) is 17.0 Å². The van der Waals surface area contributed by atoms with Crippen LogP contribution in [-0.2, 0) is 5.54 Å². The number of benzene rings is 5. The smallest absolute Gasteiger partial charge is 0.260 e. The van der Waals surface area contributed by atoms with E-state index in [9.17, 15) is 4.79 Å². The Morgan fingerprint density at radius 2 is 1.18 bits per heavy atom. The zero-order chi connectivity index (χ0) is 31.5. The van der Waals surface area contributed by atoms with Gasteiger partial charge in [-0.2, -0.15) is 0 Å². The molecule has 2 heterocycles. The lowest BCUT2D eigenvalue weighted by atomic mass is 9.73. The predicted molar refractivity (Wildman–Crippen MR) is 187 cm³/mol. The summed E-state index contributed by atoms with van der Waals surface area (Å²) in [6.07, 6.45) is 0. The Labute approximate surface area is 266 Å². The Kier molecular flexibility index (Phi) is 7.07. The van der Waals surface area contributed by atoms with Crippen molar-refractivity contribution in [3.05, 3.63) is 124 Å². The molecule has 1 spiro atoms. The molecule has 5 aromatic carbocycles. The van der Waals surface area contributed by atoms with Gasteiger partial charge in [-0.25, -0.2) is 0 Å². The van der Waals surface area contributed by atoms with E-state index < -0.39 is 5.54 Å². The van der Waals surface area contributed by atoms with Crippen molar-refractivity contribution in [2.75, 3.05) is 40.9 Å². The van der Waals surface area contributed by atoms with Crippen LogP contribution in [0.1, 0.15) is 65.9 Å². The zero-order valence-corrected chi connectivity index (χ0v) is 27.1. The fourth-order valence-electron chi connectivity index (χ4n) is 7.77. The molecule has 0 bridgehead atoms. The van der Waals surface area contributed by atoms with Crippen LogP contribution in [-0.4, -0.2) is 32.1 Å². The average molecular weight is 596 g/mol. The first-order valence-electron chi connectivity index (χ1n) is 16.3. The van der Waals surface area contributed by atoms with Crippen molar-refractivity contribution in [1.29, 1.82) is 0 Å². The number of hydrogen-bond donors (Lipinski definition) is 0. The van der Waals surface area contributed by atoms with E-state index in [1.54, 1.807) is 0 Å². The highest BCUT2D eigenvalue weighted by Crippen LogP contribution is 2.60. The van der Waals surface area contributed by atoms with Gasteiger partial charge in [-0.15, -0.1) is 0 Å². The van der Waals surface area contributed by atoms with Crippen LogP contribution in [0, 0.1) is 13.8 Å². The number of carbonyl (C=O) groups is 1. The fraction of sp³-hybridized carbons (Fsp3) is 0.275. The van der Waals surface area contributed by atoms with Crippen molar-refractivity contribution in [2.24, 2.45) is 0 Å². The van der Waals surface area contributed by atoms with Gasteiger partial charge in [-0.05, 0) is 82.3 Å². The molecule has 45 heavy (non-hydrogen) atoms. The molecule has 228 valence electrons. The highest BCUT2D eigenvalue weighted by atomic mass is 16.5. The maximum atomic E-state index is 14.9. The minimum Gasteiger partial charge on any atom is -0.456 e. The van der Waals surface area contributed by atoms with E-state index >= 15 is 0 Å². The van der Waals surface area contributed by atoms with Gasteiger partial charge in [-0.1, -0.05) is 54.6 Å². The first-order valence-corrected chi connectivity index (χ1v) is 16.3. The predicted octanol–water partition coefficient (Wildman–Crippen LogP) is 9.21. The van der Waals surface area contributed by atoms with Gasteiger partial charge in [0.25, 0.3) is 5.91 Å². The summed E-state index contributed by atoms with van der Waals surface area (Å²) >= 11 is 0. The zero-order valence-electron chi connectivity index (χ0n) is 27.1. The lowest BCUT2D eigenvalue weighted by molar-refractivity contribution is 0.0986. The average Bonchev–Trinajstić information content (AvgIpc) is 3.32. The number of ether oxygens (including phenoxy) is 1. The summed E-state index contributed by atoms with van der Waals surface area (Å²) in [5.74, 6) is 1.58. The molecule has 0 unspecified atom stereocenters. The van der Waals surface area contributed by atoms with E-state index in [4.69, 9.17) is 4.74 Å². The van der Waals surface area contributed by atoms with E-state index in [1.807, 2.05) is 12.1 Å². The molecule has 5 heteroatoms. The van der Waals surface area contributed by atoms with Gasteiger partial charge in [-0.3, -0.25) is 9.69 Å². The molecule has 5 aromatic rings. The maximum Gasteiger partial charge on any atom is 0.260 e. The van der Waals surface area contributed by atoms with Crippen molar-refractivity contribution in [1.82, 2.24) is 0 Å². The van der Waals surface area contributed by atoms with Crippen LogP contribution >= 0.6 is 0 Å². The van der Waals surface area contributed by atoms with Crippen LogP contribution in [0.2, 0.25) is 0 Å². The van der Waals surface area contributed by atoms with E-state index in [0.29, 0.717) is 0 Å². The first-order chi connectivity index (χ1) is 21.9. The fourth-order valence-corrected chi connectivity index (χ4v) is 7.77. The molecule has 0 aromatic heterocycles. The molecule has 0 N–H and O–H groups in total. The summed E-state index contributed by atoms with van der Waals surface area (Å²) in [5, 5.41) is 2.14. The van der Waals surface area contributed by atoms with E-state index in [0.717, 1.165) is 98.9 Å². The molecule has 7 rings (SSSR count). The van der Waals surface area contributed by atoms with E-state index in [-0.39, 0.29) is 5.91 Å². The summed E-state index contributed by atoms with van der Waals surface area (Å²) in [4.78, 5) is 21.7. The number of rotatable bonds is 7. The maximum absolute atomic E-state index is 14.9. The molecule has 0 saturated heterocycles. The lowest BCUT2D eigenvalue weighted by Gasteiger charge is -2.45. The van der Waals surface area contributed by atoms with Crippen LogP contribution < -0.4 is 19.4 Å². The third kappa shape index (κ3) is 4.10. The van der Waals surface area contributed by atoms with Gasteiger partial charge in [0.2, 0.25) is 0 Å². The molecular formula is C40H41N3O2. The third-order valence-electron chi connectivity index (χ3n) is 9.90. The molecule has 0 fully saturated rings. The summed E-state index contributed by atoms with van der Waals surface area (Å²) < 4.78 is 6.96. The van der Waals surface area contributed by atoms with Crippen molar-refractivity contribution in [2.45, 2.75) is 47.1 Å². The largest absolute Gasteiger partial charge is 0.456 e. The summed E-state index contributed by atoms with van der Waals surface area (Å²) in [6.45, 7) is 16.7. The number of fused-ring (bicyclic) bond motifs is 7. The van der Waals surface area contributed by atoms with Gasteiger partial charge in [0, 0.05) is 77.3 Å². The second kappa shape index (κ2) is 11.0. The second-order valence-corrected chi connectivity index (χ2v) is 12.1. The highest BCUT2D eigenvalue weighted by Gasteiger charge is 2.57. The molecule has 0 atom stereocenters. The second-order valence-electron chi connectivity index (χ2n) is 12.1. The Bertz CT molecular complexity index is 1880. The molecule has 2 aliphatic heterocycles. The topological polar surface area (TPSA) is 36.0 Å². The number of hydrogen-bond acceptors (Lipinski definition) is 4. The first kappa shape index (κ1) is 29.0. The number of nitrogens with zero attached hydrogens (tertiary/aromatic N) is 3. The van der Waals surface area contributed by atoms with E-state index in [2.05, 4.69) is 135 Å². The standard InChI is InChI=1S/C40H41N3O2/c1-7-41(8-2)35-24-37-32(22-26(35)5)40(33-23-27(6)36(25-38(33)45-37)42(9-3)10-4)31-20-14-13-19-30(31)39(44)43(40)34-21-15-17-28-16-11-12-18-29(28)34/h11-25H,7-10H2,1-6H3. The number of carbonyl (C=O) groups excluding carboxylic acids is 1. The monoisotopic (exact) mass is 595 g/mol. The Hall–Kier alpha value is -4.77. The highest BCUT2D eigenvalue weighted by molar-refractivity contribution is 6.17. The Morgan fingerprint density at radius 3 is 1.78 bits per heavy atom. The SMILES string of the molecule is CCN(CC)c1cc2c(cc1C)C1(c3cc(C)c(N(CC)CC)cc3O2)c2ccccc2C(=O)N1c1cccc2ccccc12. The van der Waals surface area contributed by atoms with E-state index in [1.165, 1.54) is 0 Å². The van der Waals surface area contributed by atoms with Crippen LogP contribution in [0.4, 0.5) is 17.1 Å². The Morgan fingerprint density at radius 1 is 0.644 bits per heavy atom. The van der Waals surface area contributed by atoms with Gasteiger partial charge < -0.3 is 14.5 Å². The number of anilines is 3. The van der Waals surface area contributed by atoms with Gasteiger partial charge in [0.05, 0.1) is 5.69 Å². The van der Waals surface area contributed by atoms with Crippen molar-refractivity contribution >= 4 is 33.7 Å². The van der Waals surface area contributed by atoms with Crippen LogP contribution in [0.5, 0.6) is 11.5 Å². The van der Waals surface area contributed by atoms with Gasteiger partial charge in [0.15, 0.2) is 0 Å². The molecule has 5 nitrogen and oxygen atoms in total. The third-order valence-corrected chi connectivity index (χ3v) is 9.90. The molecule has 0 aliphatic carbocycles. The summed E-state index contributed by atoms with van der Waals surface area (Å²) in [5.41, 5.74) is 8.28.